The molecule has 5 rings (SSSR count). The summed E-state index contributed by atoms with van der Waals surface area (Å²) < 4.78 is 23.5. The van der Waals surface area contributed by atoms with Gasteiger partial charge in [0.15, 0.2) is 0 Å². The monoisotopic (exact) mass is 401 g/mol. The van der Waals surface area contributed by atoms with Gasteiger partial charge in [0, 0.05) is 30.1 Å². The van der Waals surface area contributed by atoms with E-state index >= 15 is 0 Å². The number of hydrogen-bond donors (Lipinski definition) is 0. The van der Waals surface area contributed by atoms with Gasteiger partial charge in [0.25, 0.3) is 0 Å². The van der Waals surface area contributed by atoms with E-state index in [-0.39, 0.29) is 5.82 Å². The Morgan fingerprint density at radius 2 is 1.97 bits per heavy atom. The van der Waals surface area contributed by atoms with Gasteiger partial charge in [-0.2, -0.15) is 0 Å². The van der Waals surface area contributed by atoms with Gasteiger partial charge in [-0.1, -0.05) is 12.1 Å². The highest BCUT2D eigenvalue weighted by Crippen LogP contribution is 2.26. The van der Waals surface area contributed by atoms with Crippen molar-refractivity contribution < 1.29 is 8.81 Å². The molecule has 30 heavy (non-hydrogen) atoms. The molecule has 2 aromatic carbocycles. The number of aromatic nitrogens is 5. The van der Waals surface area contributed by atoms with Crippen molar-refractivity contribution in [3.05, 3.63) is 78.5 Å². The Labute approximate surface area is 172 Å². The normalized spacial score (nSPS) is 11.4. The highest BCUT2D eigenvalue weighted by atomic mass is 19.1. The first kappa shape index (κ1) is 18.3. The van der Waals surface area contributed by atoms with Crippen LogP contribution in [0.4, 0.5) is 4.39 Å². The van der Waals surface area contributed by atoms with Crippen molar-refractivity contribution in [2.75, 3.05) is 0 Å². The maximum atomic E-state index is 13.7. The topological polar surface area (TPSA) is 61.7 Å². The second-order valence-electron chi connectivity index (χ2n) is 7.14. The number of fused-ring (bicyclic) bond motifs is 1. The van der Waals surface area contributed by atoms with E-state index < -0.39 is 0 Å². The third kappa shape index (κ3) is 3.18. The number of nitrogens with zero attached hydrogens (tertiary/aromatic N) is 5. The van der Waals surface area contributed by atoms with Crippen LogP contribution in [0.3, 0.4) is 0 Å². The molecule has 7 heteroatoms. The summed E-state index contributed by atoms with van der Waals surface area (Å²) in [6.45, 7) is 5.28. The predicted molar refractivity (Wildman–Crippen MR) is 112 cm³/mol. The van der Waals surface area contributed by atoms with E-state index in [1.54, 1.807) is 18.5 Å². The lowest BCUT2D eigenvalue weighted by Crippen LogP contribution is -2.08. The summed E-state index contributed by atoms with van der Waals surface area (Å²) in [5.41, 5.74) is 3.56. The van der Waals surface area contributed by atoms with Gasteiger partial charge in [0.1, 0.15) is 23.2 Å². The Kier molecular flexibility index (Phi) is 4.43. The number of imidazole rings is 2. The Bertz CT molecular complexity index is 1350. The van der Waals surface area contributed by atoms with E-state index in [0.29, 0.717) is 18.3 Å². The number of rotatable bonds is 5. The van der Waals surface area contributed by atoms with Crippen molar-refractivity contribution in [2.24, 2.45) is 0 Å². The lowest BCUT2D eigenvalue weighted by Gasteiger charge is -2.10. The van der Waals surface area contributed by atoms with E-state index in [0.717, 1.165) is 40.3 Å². The zero-order valence-electron chi connectivity index (χ0n) is 16.7. The van der Waals surface area contributed by atoms with Crippen LogP contribution in [-0.4, -0.2) is 24.1 Å². The fourth-order valence-electron chi connectivity index (χ4n) is 3.75. The zero-order valence-corrected chi connectivity index (χ0v) is 16.7. The largest absolute Gasteiger partial charge is 0.441 e. The molecule has 0 aliphatic rings. The Morgan fingerprint density at radius 3 is 2.73 bits per heavy atom. The molecule has 0 spiro atoms. The van der Waals surface area contributed by atoms with Gasteiger partial charge in [-0.15, -0.1) is 0 Å². The molecule has 150 valence electrons. The van der Waals surface area contributed by atoms with Crippen LogP contribution in [0, 0.1) is 12.7 Å². The lowest BCUT2D eigenvalue weighted by atomic mass is 10.2. The van der Waals surface area contributed by atoms with Crippen molar-refractivity contribution in [3.8, 4) is 22.8 Å². The average Bonchev–Trinajstić information content (AvgIpc) is 3.45. The quantitative estimate of drug-likeness (QED) is 0.412. The Balaban J connectivity index is 1.54. The molecule has 3 aromatic heterocycles. The van der Waals surface area contributed by atoms with Gasteiger partial charge < -0.3 is 13.6 Å². The average molecular weight is 401 g/mol. The number of oxazole rings is 1. The summed E-state index contributed by atoms with van der Waals surface area (Å²) in [5, 5.41) is 0. The number of halogens is 1. The number of aryl methyl sites for hydroxylation is 2. The van der Waals surface area contributed by atoms with Gasteiger partial charge in [0.05, 0.1) is 23.8 Å². The van der Waals surface area contributed by atoms with Gasteiger partial charge in [0.2, 0.25) is 5.89 Å². The van der Waals surface area contributed by atoms with Crippen molar-refractivity contribution in [3.63, 3.8) is 0 Å². The molecule has 0 unspecified atom stereocenters. The van der Waals surface area contributed by atoms with Crippen LogP contribution in [-0.2, 0) is 13.1 Å². The van der Waals surface area contributed by atoms with Crippen LogP contribution >= 0.6 is 0 Å². The SMILES string of the molecule is CCn1c(Cn2ccnc2-c2cccc(F)c2)nc2cc(-c3ncc(C)o3)ccc21. The summed E-state index contributed by atoms with van der Waals surface area (Å²) in [6, 6.07) is 12.5. The number of hydrogen-bond acceptors (Lipinski definition) is 4. The highest BCUT2D eigenvalue weighted by molar-refractivity contribution is 5.81. The minimum absolute atomic E-state index is 0.280. The van der Waals surface area contributed by atoms with E-state index in [4.69, 9.17) is 9.40 Å². The van der Waals surface area contributed by atoms with Crippen LogP contribution in [0.5, 0.6) is 0 Å². The standard InChI is InChI=1S/C23H20FN5O/c1-3-29-20-8-7-17(23-26-13-15(2)30-23)12-19(20)27-21(29)14-28-10-9-25-22(28)16-5-4-6-18(24)11-16/h4-13H,3,14H2,1-2H3. The third-order valence-electron chi connectivity index (χ3n) is 5.12. The van der Waals surface area contributed by atoms with Gasteiger partial charge in [-0.3, -0.25) is 0 Å². The van der Waals surface area contributed by atoms with Crippen molar-refractivity contribution in [1.82, 2.24) is 24.1 Å². The molecule has 5 aromatic rings. The van der Waals surface area contributed by atoms with Gasteiger partial charge in [-0.05, 0) is 44.2 Å². The molecular weight excluding hydrogens is 381 g/mol. The summed E-state index contributed by atoms with van der Waals surface area (Å²) >= 11 is 0. The van der Waals surface area contributed by atoms with Crippen LogP contribution in [0.1, 0.15) is 18.5 Å². The molecule has 0 fully saturated rings. The molecule has 0 N–H and O–H groups in total. The zero-order chi connectivity index (χ0) is 20.7. The predicted octanol–water partition coefficient (Wildman–Crippen LogP) is 5.07. The molecule has 0 saturated carbocycles. The molecular formula is C23H20FN5O. The molecule has 6 nitrogen and oxygen atoms in total. The second kappa shape index (κ2) is 7.26. The van der Waals surface area contributed by atoms with Crippen molar-refractivity contribution in [1.29, 1.82) is 0 Å². The van der Waals surface area contributed by atoms with Crippen LogP contribution in [0.25, 0.3) is 33.9 Å². The van der Waals surface area contributed by atoms with Crippen LogP contribution < -0.4 is 0 Å². The smallest absolute Gasteiger partial charge is 0.226 e. The van der Waals surface area contributed by atoms with Crippen molar-refractivity contribution in [2.45, 2.75) is 26.9 Å². The minimum Gasteiger partial charge on any atom is -0.441 e. The first-order valence-electron chi connectivity index (χ1n) is 9.81. The Hall–Kier alpha value is -3.74. The lowest BCUT2D eigenvalue weighted by molar-refractivity contribution is 0.542. The summed E-state index contributed by atoms with van der Waals surface area (Å²) in [5.74, 6) is 2.70. The van der Waals surface area contributed by atoms with E-state index in [1.165, 1.54) is 12.1 Å². The highest BCUT2D eigenvalue weighted by Gasteiger charge is 2.15. The van der Waals surface area contributed by atoms with E-state index in [1.807, 2.05) is 42.0 Å². The minimum atomic E-state index is -0.280. The maximum absolute atomic E-state index is 13.7. The molecule has 0 amide bonds. The van der Waals surface area contributed by atoms with Gasteiger partial charge >= 0.3 is 0 Å². The fraction of sp³-hybridized carbons (Fsp3) is 0.174. The summed E-state index contributed by atoms with van der Waals surface area (Å²) in [4.78, 5) is 13.6. The van der Waals surface area contributed by atoms with Gasteiger partial charge in [-0.25, -0.2) is 19.3 Å². The third-order valence-corrected chi connectivity index (χ3v) is 5.12. The first-order chi connectivity index (χ1) is 14.6. The molecule has 0 radical (unpaired) electrons. The summed E-state index contributed by atoms with van der Waals surface area (Å²) in [7, 11) is 0. The van der Waals surface area contributed by atoms with Crippen LogP contribution in [0.15, 0.2) is 65.5 Å². The van der Waals surface area contributed by atoms with Crippen molar-refractivity contribution >= 4 is 11.0 Å². The Morgan fingerprint density at radius 1 is 1.07 bits per heavy atom. The number of benzene rings is 2. The first-order valence-corrected chi connectivity index (χ1v) is 9.81. The fourth-order valence-corrected chi connectivity index (χ4v) is 3.75. The van der Waals surface area contributed by atoms with Crippen LogP contribution in [0.2, 0.25) is 0 Å². The molecule has 0 aliphatic heterocycles. The molecule has 0 atom stereocenters. The molecule has 0 aliphatic carbocycles. The van der Waals surface area contributed by atoms with E-state index in [2.05, 4.69) is 21.5 Å². The summed E-state index contributed by atoms with van der Waals surface area (Å²) in [6.07, 6.45) is 5.32. The van der Waals surface area contributed by atoms with E-state index in [9.17, 15) is 4.39 Å². The molecule has 0 saturated heterocycles. The molecule has 0 bridgehead atoms. The maximum Gasteiger partial charge on any atom is 0.226 e. The molecule has 3 heterocycles. The second-order valence-corrected chi connectivity index (χ2v) is 7.14.